The molecule has 1 heterocycles. The molecule has 0 atom stereocenters. The van der Waals surface area contributed by atoms with Crippen LogP contribution < -0.4 is 10.2 Å². The van der Waals surface area contributed by atoms with E-state index < -0.39 is 0 Å². The first kappa shape index (κ1) is 20.6. The van der Waals surface area contributed by atoms with E-state index in [0.29, 0.717) is 17.8 Å². The lowest BCUT2D eigenvalue weighted by molar-refractivity contribution is -0.137. The molecule has 152 valence electrons. The van der Waals surface area contributed by atoms with E-state index in [1.807, 2.05) is 68.4 Å². The number of carbonyl (C=O) groups is 2. The van der Waals surface area contributed by atoms with Crippen molar-refractivity contribution in [3.8, 4) is 0 Å². The normalized spacial score (nSPS) is 14.2. The Hall–Kier alpha value is -3.08. The number of anilines is 2. The van der Waals surface area contributed by atoms with Crippen LogP contribution in [0.25, 0.3) is 5.57 Å². The number of hydrogen-bond acceptors (Lipinski definition) is 4. The first-order valence-corrected chi connectivity index (χ1v) is 10.2. The van der Waals surface area contributed by atoms with Crippen LogP contribution in [-0.2, 0) is 9.59 Å². The third-order valence-corrected chi connectivity index (χ3v) is 5.04. The predicted molar refractivity (Wildman–Crippen MR) is 119 cm³/mol. The maximum atomic E-state index is 13.1. The third-order valence-electron chi connectivity index (χ3n) is 5.04. The summed E-state index contributed by atoms with van der Waals surface area (Å²) in [5.74, 6) is -0.305. The average molecular weight is 392 g/mol. The zero-order chi connectivity index (χ0) is 21.0. The number of carbonyl (C=O) groups excluding carboxylic acids is 2. The second-order valence-electron chi connectivity index (χ2n) is 7.57. The van der Waals surface area contributed by atoms with E-state index in [1.54, 1.807) is 0 Å². The van der Waals surface area contributed by atoms with E-state index >= 15 is 0 Å². The first-order chi connectivity index (χ1) is 14.0. The molecule has 0 fully saturated rings. The van der Waals surface area contributed by atoms with Gasteiger partial charge in [-0.2, -0.15) is 0 Å². The molecule has 0 saturated carbocycles. The first-order valence-electron chi connectivity index (χ1n) is 10.2. The number of benzene rings is 2. The molecule has 29 heavy (non-hydrogen) atoms. The van der Waals surface area contributed by atoms with E-state index in [2.05, 4.69) is 24.1 Å². The lowest BCUT2D eigenvalue weighted by atomic mass is 10.0. The van der Waals surface area contributed by atoms with Crippen LogP contribution >= 0.6 is 0 Å². The zero-order valence-corrected chi connectivity index (χ0v) is 17.6. The van der Waals surface area contributed by atoms with Crippen LogP contribution in [0.2, 0.25) is 0 Å². The number of rotatable bonds is 8. The Labute approximate surface area is 173 Å². The van der Waals surface area contributed by atoms with Gasteiger partial charge in [-0.05, 0) is 49.6 Å². The SMILES string of the molecule is CCN(CC)c1ccc(NC2=C(c3ccccc3)C(=O)N(CC(C)C)C2=O)cc1. The minimum absolute atomic E-state index is 0.202. The molecule has 1 aliphatic rings. The highest BCUT2D eigenvalue weighted by Gasteiger charge is 2.39. The van der Waals surface area contributed by atoms with Crippen LogP contribution in [0.15, 0.2) is 60.3 Å². The Balaban J connectivity index is 1.95. The second-order valence-corrected chi connectivity index (χ2v) is 7.57. The Morgan fingerprint density at radius 3 is 2.07 bits per heavy atom. The fraction of sp³-hybridized carbons (Fsp3) is 0.333. The fourth-order valence-corrected chi connectivity index (χ4v) is 3.58. The summed E-state index contributed by atoms with van der Waals surface area (Å²) in [7, 11) is 0. The van der Waals surface area contributed by atoms with Crippen molar-refractivity contribution in [3.63, 3.8) is 0 Å². The molecule has 0 spiro atoms. The summed E-state index contributed by atoms with van der Waals surface area (Å²) in [5, 5.41) is 3.22. The van der Waals surface area contributed by atoms with Crippen molar-refractivity contribution >= 4 is 28.8 Å². The van der Waals surface area contributed by atoms with E-state index in [0.717, 1.165) is 30.0 Å². The minimum atomic E-state index is -0.268. The van der Waals surface area contributed by atoms with Gasteiger partial charge in [-0.15, -0.1) is 0 Å². The molecule has 1 aliphatic heterocycles. The van der Waals surface area contributed by atoms with Gasteiger partial charge in [-0.3, -0.25) is 14.5 Å². The number of imide groups is 1. The molecule has 2 aromatic carbocycles. The van der Waals surface area contributed by atoms with Crippen LogP contribution in [0.1, 0.15) is 33.3 Å². The Morgan fingerprint density at radius 1 is 0.897 bits per heavy atom. The topological polar surface area (TPSA) is 52.7 Å². The van der Waals surface area contributed by atoms with Gasteiger partial charge in [0, 0.05) is 31.0 Å². The highest BCUT2D eigenvalue weighted by atomic mass is 16.2. The van der Waals surface area contributed by atoms with Crippen molar-refractivity contribution < 1.29 is 9.59 Å². The second kappa shape index (κ2) is 8.95. The van der Waals surface area contributed by atoms with Crippen LogP contribution in [-0.4, -0.2) is 36.3 Å². The molecule has 2 amide bonds. The molecule has 0 radical (unpaired) electrons. The summed E-state index contributed by atoms with van der Waals surface area (Å²) < 4.78 is 0. The summed E-state index contributed by atoms with van der Waals surface area (Å²) in [6.07, 6.45) is 0. The van der Waals surface area contributed by atoms with Crippen LogP contribution in [0.5, 0.6) is 0 Å². The zero-order valence-electron chi connectivity index (χ0n) is 17.6. The molecule has 0 bridgehead atoms. The van der Waals surface area contributed by atoms with Gasteiger partial charge >= 0.3 is 0 Å². The maximum Gasteiger partial charge on any atom is 0.278 e. The summed E-state index contributed by atoms with van der Waals surface area (Å²) in [5.41, 5.74) is 3.45. The number of nitrogens with zero attached hydrogens (tertiary/aromatic N) is 2. The summed E-state index contributed by atoms with van der Waals surface area (Å²) in [6, 6.07) is 17.4. The number of nitrogens with one attached hydrogen (secondary N) is 1. The van der Waals surface area contributed by atoms with Gasteiger partial charge < -0.3 is 10.2 Å². The van der Waals surface area contributed by atoms with E-state index in [1.165, 1.54) is 4.90 Å². The van der Waals surface area contributed by atoms with E-state index in [9.17, 15) is 9.59 Å². The summed E-state index contributed by atoms with van der Waals surface area (Å²) in [6.45, 7) is 10.5. The van der Waals surface area contributed by atoms with Crippen molar-refractivity contribution in [2.75, 3.05) is 29.9 Å². The van der Waals surface area contributed by atoms with Gasteiger partial charge in [0.15, 0.2) is 0 Å². The Bertz CT molecular complexity index is 897. The van der Waals surface area contributed by atoms with Crippen LogP contribution in [0.4, 0.5) is 11.4 Å². The van der Waals surface area contributed by atoms with Crippen molar-refractivity contribution in [1.82, 2.24) is 4.90 Å². The van der Waals surface area contributed by atoms with Crippen molar-refractivity contribution in [2.45, 2.75) is 27.7 Å². The van der Waals surface area contributed by atoms with E-state index in [4.69, 9.17) is 0 Å². The minimum Gasteiger partial charge on any atom is -0.372 e. The molecular formula is C24H29N3O2. The standard InChI is InChI=1S/C24H29N3O2/c1-5-26(6-2)20-14-12-19(13-15-20)25-22-21(18-10-8-7-9-11-18)23(28)27(24(22)29)16-17(3)4/h7-15,17,25H,5-6,16H2,1-4H3. The van der Waals surface area contributed by atoms with Crippen LogP contribution in [0.3, 0.4) is 0 Å². The quantitative estimate of drug-likeness (QED) is 0.679. The molecule has 5 nitrogen and oxygen atoms in total. The summed E-state index contributed by atoms with van der Waals surface area (Å²) in [4.78, 5) is 29.8. The molecular weight excluding hydrogens is 362 g/mol. The highest BCUT2D eigenvalue weighted by Crippen LogP contribution is 2.31. The molecule has 3 rings (SSSR count). The molecule has 2 aromatic rings. The number of amides is 2. The molecule has 1 N–H and O–H groups in total. The van der Waals surface area contributed by atoms with E-state index in [-0.39, 0.29) is 17.7 Å². The van der Waals surface area contributed by atoms with Gasteiger partial charge in [0.05, 0.1) is 5.57 Å². The van der Waals surface area contributed by atoms with Gasteiger partial charge in [0.2, 0.25) is 0 Å². The predicted octanol–water partition coefficient (Wildman–Crippen LogP) is 4.38. The smallest absolute Gasteiger partial charge is 0.278 e. The summed E-state index contributed by atoms with van der Waals surface area (Å²) >= 11 is 0. The molecule has 0 aromatic heterocycles. The molecule has 0 saturated heterocycles. The van der Waals surface area contributed by atoms with Crippen LogP contribution in [0, 0.1) is 5.92 Å². The average Bonchev–Trinajstić information content (AvgIpc) is 2.94. The van der Waals surface area contributed by atoms with Gasteiger partial charge in [-0.1, -0.05) is 44.2 Å². The Morgan fingerprint density at radius 2 is 1.52 bits per heavy atom. The van der Waals surface area contributed by atoms with Crippen molar-refractivity contribution in [3.05, 3.63) is 65.9 Å². The van der Waals surface area contributed by atoms with Gasteiger partial charge in [0.25, 0.3) is 11.8 Å². The van der Waals surface area contributed by atoms with Gasteiger partial charge in [0.1, 0.15) is 5.70 Å². The number of hydrogen-bond donors (Lipinski definition) is 1. The molecule has 5 heteroatoms. The largest absolute Gasteiger partial charge is 0.372 e. The van der Waals surface area contributed by atoms with Gasteiger partial charge in [-0.25, -0.2) is 0 Å². The monoisotopic (exact) mass is 391 g/mol. The third kappa shape index (κ3) is 4.34. The maximum absolute atomic E-state index is 13.1. The lowest BCUT2D eigenvalue weighted by Gasteiger charge is -2.21. The molecule has 0 aliphatic carbocycles. The molecule has 0 unspecified atom stereocenters. The Kier molecular flexibility index (Phi) is 6.37. The lowest BCUT2D eigenvalue weighted by Crippen LogP contribution is -2.35. The fourth-order valence-electron chi connectivity index (χ4n) is 3.58. The van der Waals surface area contributed by atoms with Crippen molar-refractivity contribution in [1.29, 1.82) is 0 Å². The van der Waals surface area contributed by atoms with Crippen molar-refractivity contribution in [2.24, 2.45) is 5.92 Å². The highest BCUT2D eigenvalue weighted by molar-refractivity contribution is 6.36.